The van der Waals surface area contributed by atoms with Gasteiger partial charge in [0.05, 0.1) is 12.7 Å². The lowest BCUT2D eigenvalue weighted by molar-refractivity contribution is -0.0399. The molecule has 0 aromatic heterocycles. The molecule has 114 valence electrons. The number of amides is 1. The van der Waals surface area contributed by atoms with E-state index >= 15 is 0 Å². The molecule has 0 spiro atoms. The number of carbonyl (C=O) groups excluding carboxylic acids is 2. The van der Waals surface area contributed by atoms with Crippen LogP contribution in [-0.4, -0.2) is 31.0 Å². The molecule has 6 heteroatoms. The van der Waals surface area contributed by atoms with Gasteiger partial charge in [0.1, 0.15) is 0 Å². The van der Waals surface area contributed by atoms with E-state index in [1.54, 1.807) is 0 Å². The van der Waals surface area contributed by atoms with Crippen LogP contribution in [0.25, 0.3) is 0 Å². The van der Waals surface area contributed by atoms with Crippen molar-refractivity contribution in [1.82, 2.24) is 5.32 Å². The molecular weight excluding hydrogens is 280 g/mol. The predicted molar refractivity (Wildman–Crippen MR) is 72.5 cm³/mol. The highest BCUT2D eigenvalue weighted by molar-refractivity contribution is 5.96. The van der Waals surface area contributed by atoms with Crippen LogP contribution in [0.5, 0.6) is 0 Å². The number of methoxy groups -OCH3 is 1. The molecule has 0 unspecified atom stereocenters. The molecule has 0 saturated heterocycles. The minimum atomic E-state index is -2.61. The average molecular weight is 297 g/mol. The largest absolute Gasteiger partial charge is 0.465 e. The lowest BCUT2D eigenvalue weighted by Gasteiger charge is -2.28. The molecule has 2 rings (SSSR count). The minimum Gasteiger partial charge on any atom is -0.465 e. The molecule has 21 heavy (non-hydrogen) atoms. The Hall–Kier alpha value is -1.98. The van der Waals surface area contributed by atoms with Crippen molar-refractivity contribution in [2.24, 2.45) is 0 Å². The number of rotatable bonds is 3. The summed E-state index contributed by atoms with van der Waals surface area (Å²) < 4.78 is 30.6. The number of hydrogen-bond acceptors (Lipinski definition) is 3. The van der Waals surface area contributed by atoms with E-state index < -0.39 is 11.9 Å². The summed E-state index contributed by atoms with van der Waals surface area (Å²) in [6.07, 6.45) is 0.163. The molecule has 0 atom stereocenters. The molecule has 1 N–H and O–H groups in total. The summed E-state index contributed by atoms with van der Waals surface area (Å²) in [5.74, 6) is -3.40. The van der Waals surface area contributed by atoms with Crippen LogP contribution in [0.2, 0.25) is 0 Å². The van der Waals surface area contributed by atoms with E-state index in [1.165, 1.54) is 31.4 Å². The van der Waals surface area contributed by atoms with Gasteiger partial charge in [-0.1, -0.05) is 0 Å². The fourth-order valence-electron chi connectivity index (χ4n) is 2.33. The van der Waals surface area contributed by atoms with Crippen molar-refractivity contribution in [2.45, 2.75) is 37.6 Å². The number of hydrogen-bond donors (Lipinski definition) is 1. The Morgan fingerprint density at radius 1 is 1.14 bits per heavy atom. The summed E-state index contributed by atoms with van der Waals surface area (Å²) in [6, 6.07) is 5.79. The van der Waals surface area contributed by atoms with Gasteiger partial charge in [0.2, 0.25) is 5.92 Å². The van der Waals surface area contributed by atoms with Crippen LogP contribution in [0.15, 0.2) is 24.3 Å². The summed E-state index contributed by atoms with van der Waals surface area (Å²) in [6.45, 7) is 0. The maximum absolute atomic E-state index is 13.0. The predicted octanol–water partition coefficient (Wildman–Crippen LogP) is 2.78. The topological polar surface area (TPSA) is 55.4 Å². The third-order valence-corrected chi connectivity index (χ3v) is 3.62. The fraction of sp³-hybridized carbons (Fsp3) is 0.467. The summed E-state index contributed by atoms with van der Waals surface area (Å²) in [5.41, 5.74) is 0.742. The molecule has 4 nitrogen and oxygen atoms in total. The highest BCUT2D eigenvalue weighted by Gasteiger charge is 2.35. The molecule has 1 amide bonds. The second-order valence-corrected chi connectivity index (χ2v) is 5.17. The van der Waals surface area contributed by atoms with Crippen LogP contribution in [-0.2, 0) is 4.74 Å². The van der Waals surface area contributed by atoms with Crippen molar-refractivity contribution in [1.29, 1.82) is 0 Å². The molecule has 0 heterocycles. The molecule has 1 aliphatic carbocycles. The number of benzene rings is 1. The number of halogens is 2. The van der Waals surface area contributed by atoms with E-state index in [0.29, 0.717) is 11.1 Å². The third kappa shape index (κ3) is 4.00. The van der Waals surface area contributed by atoms with E-state index in [9.17, 15) is 18.4 Å². The molecule has 1 aromatic carbocycles. The van der Waals surface area contributed by atoms with E-state index in [0.717, 1.165) is 0 Å². The molecule has 0 radical (unpaired) electrons. The second kappa shape index (κ2) is 6.20. The van der Waals surface area contributed by atoms with Crippen LogP contribution in [0.1, 0.15) is 46.4 Å². The van der Waals surface area contributed by atoms with Crippen LogP contribution >= 0.6 is 0 Å². The second-order valence-electron chi connectivity index (χ2n) is 5.17. The highest BCUT2D eigenvalue weighted by atomic mass is 19.3. The Kier molecular flexibility index (Phi) is 4.55. The van der Waals surface area contributed by atoms with Crippen molar-refractivity contribution in [3.63, 3.8) is 0 Å². The Labute approximate surface area is 121 Å². The maximum Gasteiger partial charge on any atom is 0.337 e. The number of alkyl halides is 2. The average Bonchev–Trinajstić information content (AvgIpc) is 2.48. The first-order chi connectivity index (χ1) is 9.91. The normalized spacial score (nSPS) is 18.0. The number of esters is 1. The molecule has 0 aliphatic heterocycles. The molecule has 0 bridgehead atoms. The Morgan fingerprint density at radius 2 is 1.67 bits per heavy atom. The van der Waals surface area contributed by atoms with Gasteiger partial charge in [-0.25, -0.2) is 13.6 Å². The Morgan fingerprint density at radius 3 is 2.19 bits per heavy atom. The first-order valence-electron chi connectivity index (χ1n) is 6.78. The van der Waals surface area contributed by atoms with E-state index in [4.69, 9.17) is 0 Å². The first kappa shape index (κ1) is 15.4. The molecule has 1 saturated carbocycles. The molecule has 1 aromatic rings. The lowest BCUT2D eigenvalue weighted by atomic mass is 9.92. The summed E-state index contributed by atoms with van der Waals surface area (Å²) in [4.78, 5) is 23.3. The monoisotopic (exact) mass is 297 g/mol. The van der Waals surface area contributed by atoms with Crippen molar-refractivity contribution in [3.05, 3.63) is 35.4 Å². The SMILES string of the molecule is COC(=O)c1ccc(C(=O)NC2CCC(F)(F)CC2)cc1. The zero-order valence-electron chi connectivity index (χ0n) is 11.7. The van der Waals surface area contributed by atoms with Gasteiger partial charge < -0.3 is 10.1 Å². The fourth-order valence-corrected chi connectivity index (χ4v) is 2.33. The Bertz CT molecular complexity index is 518. The molecular formula is C15H17F2NO3. The highest BCUT2D eigenvalue weighted by Crippen LogP contribution is 2.33. The zero-order chi connectivity index (χ0) is 15.5. The van der Waals surface area contributed by atoms with Crippen LogP contribution < -0.4 is 5.32 Å². The van der Waals surface area contributed by atoms with Gasteiger partial charge in [-0.3, -0.25) is 4.79 Å². The lowest BCUT2D eigenvalue weighted by Crippen LogP contribution is -2.40. The standard InChI is InChI=1S/C15H17F2NO3/c1-21-14(20)11-4-2-10(3-5-11)13(19)18-12-6-8-15(16,17)9-7-12/h2-5,12H,6-9H2,1H3,(H,18,19). The van der Waals surface area contributed by atoms with Gasteiger partial charge in [0.25, 0.3) is 5.91 Å². The smallest absolute Gasteiger partial charge is 0.337 e. The van der Waals surface area contributed by atoms with Gasteiger partial charge in [0.15, 0.2) is 0 Å². The molecule has 1 aliphatic rings. The Balaban J connectivity index is 1.93. The van der Waals surface area contributed by atoms with Crippen molar-refractivity contribution < 1.29 is 23.1 Å². The van der Waals surface area contributed by atoms with E-state index in [1.807, 2.05) is 0 Å². The summed E-state index contributed by atoms with van der Waals surface area (Å²) in [7, 11) is 1.28. The minimum absolute atomic E-state index is 0.195. The zero-order valence-corrected chi connectivity index (χ0v) is 11.7. The molecule has 1 fully saturated rings. The van der Waals surface area contributed by atoms with Crippen LogP contribution in [0.3, 0.4) is 0 Å². The van der Waals surface area contributed by atoms with Gasteiger partial charge in [0, 0.05) is 24.4 Å². The van der Waals surface area contributed by atoms with Gasteiger partial charge in [-0.2, -0.15) is 0 Å². The van der Waals surface area contributed by atoms with Crippen molar-refractivity contribution >= 4 is 11.9 Å². The number of nitrogens with one attached hydrogen (secondary N) is 1. The van der Waals surface area contributed by atoms with Crippen molar-refractivity contribution in [3.8, 4) is 0 Å². The first-order valence-corrected chi connectivity index (χ1v) is 6.78. The van der Waals surface area contributed by atoms with E-state index in [-0.39, 0.29) is 37.6 Å². The maximum atomic E-state index is 13.0. The van der Waals surface area contributed by atoms with Crippen LogP contribution in [0.4, 0.5) is 8.78 Å². The number of carbonyl (C=O) groups is 2. The van der Waals surface area contributed by atoms with Crippen molar-refractivity contribution in [2.75, 3.05) is 7.11 Å². The van der Waals surface area contributed by atoms with Gasteiger partial charge >= 0.3 is 5.97 Å². The van der Waals surface area contributed by atoms with Gasteiger partial charge in [-0.15, -0.1) is 0 Å². The van der Waals surface area contributed by atoms with Crippen LogP contribution in [0, 0.1) is 0 Å². The van der Waals surface area contributed by atoms with E-state index in [2.05, 4.69) is 10.1 Å². The number of ether oxygens (including phenoxy) is 1. The third-order valence-electron chi connectivity index (χ3n) is 3.62. The summed E-state index contributed by atoms with van der Waals surface area (Å²) >= 11 is 0. The quantitative estimate of drug-likeness (QED) is 0.873. The summed E-state index contributed by atoms with van der Waals surface area (Å²) in [5, 5.41) is 2.75. The van der Waals surface area contributed by atoms with Gasteiger partial charge in [-0.05, 0) is 37.1 Å².